The number of fused-ring (bicyclic) bond motifs is 1. The Morgan fingerprint density at radius 1 is 1.40 bits per heavy atom. The second kappa shape index (κ2) is 6.57. The van der Waals surface area contributed by atoms with E-state index in [1.165, 1.54) is 7.11 Å². The zero-order valence-electron chi connectivity index (χ0n) is 14.9. The van der Waals surface area contributed by atoms with Gasteiger partial charge in [-0.1, -0.05) is 13.8 Å². The number of aromatic nitrogens is 3. The lowest BCUT2D eigenvalue weighted by Gasteiger charge is -2.39. The molecule has 1 unspecified atom stereocenters. The highest BCUT2D eigenvalue weighted by Gasteiger charge is 2.33. The van der Waals surface area contributed by atoms with Gasteiger partial charge in [-0.15, -0.1) is 0 Å². The molecule has 1 fully saturated rings. The number of methoxy groups -OCH3 is 1. The SMILES string of the molecule is COC(=O)C(O)c1c(C)nc2cc(Br)nn2c1N1CCC(C)(C)CC1. The number of piperidine rings is 1. The van der Waals surface area contributed by atoms with Gasteiger partial charge in [-0.25, -0.2) is 9.78 Å². The number of ether oxygens (including phenoxy) is 1. The number of carbonyl (C=O) groups excluding carboxylic acids is 1. The van der Waals surface area contributed by atoms with Crippen LogP contribution in [0.1, 0.15) is 44.1 Å². The highest BCUT2D eigenvalue weighted by Crippen LogP contribution is 2.36. The van der Waals surface area contributed by atoms with E-state index in [9.17, 15) is 9.90 Å². The summed E-state index contributed by atoms with van der Waals surface area (Å²) < 4.78 is 7.09. The van der Waals surface area contributed by atoms with Crippen molar-refractivity contribution in [3.05, 3.63) is 21.9 Å². The lowest BCUT2D eigenvalue weighted by Crippen LogP contribution is -2.39. The molecule has 0 spiro atoms. The van der Waals surface area contributed by atoms with Crippen molar-refractivity contribution < 1.29 is 14.6 Å². The first kappa shape index (κ1) is 18.1. The number of aliphatic hydroxyl groups is 1. The molecule has 0 amide bonds. The Morgan fingerprint density at radius 2 is 2.04 bits per heavy atom. The molecule has 1 atom stereocenters. The van der Waals surface area contributed by atoms with Gasteiger partial charge in [0.05, 0.1) is 12.7 Å². The van der Waals surface area contributed by atoms with Crippen LogP contribution in [-0.2, 0) is 9.53 Å². The molecule has 1 saturated heterocycles. The van der Waals surface area contributed by atoms with Gasteiger partial charge in [0.1, 0.15) is 10.4 Å². The van der Waals surface area contributed by atoms with Crippen LogP contribution in [0.3, 0.4) is 0 Å². The maximum atomic E-state index is 12.0. The van der Waals surface area contributed by atoms with Crippen LogP contribution < -0.4 is 4.90 Å². The third-order valence-electron chi connectivity index (χ3n) is 4.89. The predicted molar refractivity (Wildman–Crippen MR) is 97.6 cm³/mol. The Labute approximate surface area is 155 Å². The van der Waals surface area contributed by atoms with Gasteiger partial charge in [-0.2, -0.15) is 9.61 Å². The van der Waals surface area contributed by atoms with Crippen LogP contribution >= 0.6 is 15.9 Å². The molecule has 1 aliphatic heterocycles. The number of aliphatic hydroxyl groups excluding tert-OH is 1. The van der Waals surface area contributed by atoms with Gasteiger partial charge < -0.3 is 14.7 Å². The van der Waals surface area contributed by atoms with Crippen molar-refractivity contribution in [3.63, 3.8) is 0 Å². The minimum absolute atomic E-state index is 0.281. The minimum Gasteiger partial charge on any atom is -0.467 e. The maximum Gasteiger partial charge on any atom is 0.339 e. The van der Waals surface area contributed by atoms with E-state index in [0.717, 1.165) is 25.9 Å². The van der Waals surface area contributed by atoms with E-state index >= 15 is 0 Å². The zero-order valence-corrected chi connectivity index (χ0v) is 16.5. The van der Waals surface area contributed by atoms with Gasteiger partial charge in [-0.3, -0.25) is 0 Å². The average molecular weight is 411 g/mol. The Bertz CT molecular complexity index is 808. The monoisotopic (exact) mass is 410 g/mol. The van der Waals surface area contributed by atoms with E-state index in [-0.39, 0.29) is 5.41 Å². The van der Waals surface area contributed by atoms with E-state index in [1.807, 2.05) is 6.07 Å². The van der Waals surface area contributed by atoms with Crippen LogP contribution in [0, 0.1) is 12.3 Å². The third-order valence-corrected chi connectivity index (χ3v) is 5.28. The van der Waals surface area contributed by atoms with Gasteiger partial charge in [0.2, 0.25) is 0 Å². The van der Waals surface area contributed by atoms with Gasteiger partial charge >= 0.3 is 5.97 Å². The molecule has 1 N–H and O–H groups in total. The summed E-state index contributed by atoms with van der Waals surface area (Å²) in [5.41, 5.74) is 2.00. The molecular formula is C17H23BrN4O3. The molecule has 0 aromatic carbocycles. The zero-order chi connectivity index (χ0) is 18.4. The van der Waals surface area contributed by atoms with E-state index in [2.05, 4.69) is 44.8 Å². The number of aryl methyl sites for hydroxylation is 1. The van der Waals surface area contributed by atoms with E-state index < -0.39 is 12.1 Å². The maximum absolute atomic E-state index is 12.0. The first-order valence-electron chi connectivity index (χ1n) is 8.30. The normalized spacial score (nSPS) is 18.4. The summed E-state index contributed by atoms with van der Waals surface area (Å²) in [7, 11) is 1.26. The molecule has 0 aliphatic carbocycles. The topological polar surface area (TPSA) is 80.0 Å². The van der Waals surface area contributed by atoms with Gasteiger partial charge in [0, 0.05) is 24.8 Å². The number of esters is 1. The Morgan fingerprint density at radius 3 is 2.64 bits per heavy atom. The molecule has 1 aliphatic rings. The summed E-state index contributed by atoms with van der Waals surface area (Å²) in [6, 6.07) is 1.82. The molecule has 0 bridgehead atoms. The molecule has 0 saturated carbocycles. The fraction of sp³-hybridized carbons (Fsp3) is 0.588. The van der Waals surface area contributed by atoms with Crippen LogP contribution in [0.2, 0.25) is 0 Å². The Hall–Kier alpha value is -1.67. The Kier molecular flexibility index (Phi) is 4.76. The van der Waals surface area contributed by atoms with Crippen LogP contribution in [0.25, 0.3) is 5.65 Å². The standard InChI is InChI=1S/C17H23BrN4O3/c1-10-13(14(23)16(24)25-4)15(21-7-5-17(2,3)6-8-21)22-12(19-10)9-11(18)20-22/h9,14,23H,5-8H2,1-4H3. The number of nitrogens with zero attached hydrogens (tertiary/aromatic N) is 4. The number of anilines is 1. The third kappa shape index (κ3) is 3.37. The quantitative estimate of drug-likeness (QED) is 0.783. The summed E-state index contributed by atoms with van der Waals surface area (Å²) >= 11 is 3.39. The summed E-state index contributed by atoms with van der Waals surface area (Å²) in [6.45, 7) is 7.95. The molecule has 7 nitrogen and oxygen atoms in total. The Balaban J connectivity index is 2.17. The van der Waals surface area contributed by atoms with Crippen molar-refractivity contribution in [3.8, 4) is 0 Å². The van der Waals surface area contributed by atoms with Crippen molar-refractivity contribution >= 4 is 33.4 Å². The van der Waals surface area contributed by atoms with Crippen molar-refractivity contribution in [2.45, 2.75) is 39.7 Å². The van der Waals surface area contributed by atoms with Crippen LogP contribution in [0.15, 0.2) is 10.7 Å². The highest BCUT2D eigenvalue weighted by atomic mass is 79.9. The van der Waals surface area contributed by atoms with Gasteiger partial charge in [0.15, 0.2) is 11.8 Å². The second-order valence-corrected chi connectivity index (χ2v) is 8.06. The number of hydrogen-bond donors (Lipinski definition) is 1. The van der Waals surface area contributed by atoms with Crippen molar-refractivity contribution in [1.29, 1.82) is 0 Å². The lowest BCUT2D eigenvalue weighted by atomic mass is 9.82. The summed E-state index contributed by atoms with van der Waals surface area (Å²) in [5, 5.41) is 15.0. The molecule has 25 heavy (non-hydrogen) atoms. The molecule has 0 radical (unpaired) electrons. The summed E-state index contributed by atoms with van der Waals surface area (Å²) in [6.07, 6.45) is 0.646. The number of halogens is 1. The van der Waals surface area contributed by atoms with Gasteiger partial charge in [0.25, 0.3) is 0 Å². The molecular weight excluding hydrogens is 388 g/mol. The van der Waals surface area contributed by atoms with Crippen molar-refractivity contribution in [2.24, 2.45) is 5.41 Å². The van der Waals surface area contributed by atoms with E-state index in [4.69, 9.17) is 4.74 Å². The van der Waals surface area contributed by atoms with Gasteiger partial charge in [-0.05, 0) is 41.1 Å². The van der Waals surface area contributed by atoms with E-state index in [0.29, 0.717) is 27.3 Å². The summed E-state index contributed by atoms with van der Waals surface area (Å²) in [5.74, 6) is 0.00987. The number of carbonyl (C=O) groups is 1. The molecule has 136 valence electrons. The highest BCUT2D eigenvalue weighted by molar-refractivity contribution is 9.10. The fourth-order valence-electron chi connectivity index (χ4n) is 3.26. The van der Waals surface area contributed by atoms with Crippen molar-refractivity contribution in [2.75, 3.05) is 25.1 Å². The predicted octanol–water partition coefficient (Wildman–Crippen LogP) is 2.63. The molecule has 2 aromatic rings. The lowest BCUT2D eigenvalue weighted by molar-refractivity contribution is -0.150. The minimum atomic E-state index is -1.39. The van der Waals surface area contributed by atoms with E-state index in [1.54, 1.807) is 11.4 Å². The second-order valence-electron chi connectivity index (χ2n) is 7.25. The smallest absolute Gasteiger partial charge is 0.339 e. The molecule has 8 heteroatoms. The molecule has 2 aromatic heterocycles. The largest absolute Gasteiger partial charge is 0.467 e. The average Bonchev–Trinajstić information content (AvgIpc) is 2.92. The fourth-order valence-corrected chi connectivity index (χ4v) is 3.63. The number of rotatable bonds is 3. The first-order chi connectivity index (χ1) is 11.7. The first-order valence-corrected chi connectivity index (χ1v) is 9.09. The van der Waals surface area contributed by atoms with Crippen LogP contribution in [0.4, 0.5) is 5.82 Å². The van der Waals surface area contributed by atoms with Crippen molar-refractivity contribution in [1.82, 2.24) is 14.6 Å². The number of hydrogen-bond acceptors (Lipinski definition) is 6. The summed E-state index contributed by atoms with van der Waals surface area (Å²) in [4.78, 5) is 18.7. The molecule has 3 heterocycles. The van der Waals surface area contributed by atoms with Crippen LogP contribution in [-0.4, -0.2) is 45.9 Å². The molecule has 3 rings (SSSR count). The van der Waals surface area contributed by atoms with Crippen LogP contribution in [0.5, 0.6) is 0 Å².